The van der Waals surface area contributed by atoms with Gasteiger partial charge in [0, 0.05) is 10.0 Å². The zero-order valence-corrected chi connectivity index (χ0v) is 8.76. The number of hydrogen-bond acceptors (Lipinski definition) is 0. The van der Waals surface area contributed by atoms with E-state index in [1.165, 1.54) is 6.07 Å². The van der Waals surface area contributed by atoms with Crippen LogP contribution in [0.25, 0.3) is 10.8 Å². The molecule has 3 heteroatoms. The number of hydrogen-bond donors (Lipinski definition) is 0. The van der Waals surface area contributed by atoms with Gasteiger partial charge >= 0.3 is 0 Å². The summed E-state index contributed by atoms with van der Waals surface area (Å²) in [6.07, 6.45) is -2.43. The molecular formula is C11H7BrF2. The summed E-state index contributed by atoms with van der Waals surface area (Å²) in [4.78, 5) is 0. The third-order valence-corrected chi connectivity index (χ3v) is 2.55. The fraction of sp³-hybridized carbons (Fsp3) is 0.0909. The van der Waals surface area contributed by atoms with Gasteiger partial charge in [0.2, 0.25) is 0 Å². The third-order valence-electron chi connectivity index (χ3n) is 2.09. The molecule has 0 N–H and O–H groups in total. The van der Waals surface area contributed by atoms with Gasteiger partial charge in [0.05, 0.1) is 0 Å². The first-order valence-electron chi connectivity index (χ1n) is 4.15. The van der Waals surface area contributed by atoms with Crippen LogP contribution in [-0.2, 0) is 0 Å². The Morgan fingerprint density at radius 3 is 2.50 bits per heavy atom. The van der Waals surface area contributed by atoms with Crippen molar-refractivity contribution in [1.29, 1.82) is 0 Å². The Morgan fingerprint density at radius 2 is 1.79 bits per heavy atom. The molecule has 0 saturated heterocycles. The quantitative estimate of drug-likeness (QED) is 0.703. The highest BCUT2D eigenvalue weighted by Gasteiger charge is 2.11. The summed E-state index contributed by atoms with van der Waals surface area (Å²) >= 11 is 3.22. The summed E-state index contributed by atoms with van der Waals surface area (Å²) in [7, 11) is 0. The Bertz CT molecular complexity index is 466. The van der Waals surface area contributed by atoms with Gasteiger partial charge in [-0.05, 0) is 22.9 Å². The molecule has 0 saturated carbocycles. The lowest BCUT2D eigenvalue weighted by Gasteiger charge is -2.06. The minimum Gasteiger partial charge on any atom is -0.205 e. The van der Waals surface area contributed by atoms with Gasteiger partial charge in [-0.2, -0.15) is 0 Å². The Kier molecular flexibility index (Phi) is 2.50. The topological polar surface area (TPSA) is 0 Å². The molecule has 0 aliphatic heterocycles. The van der Waals surface area contributed by atoms with Crippen molar-refractivity contribution in [2.45, 2.75) is 6.43 Å². The van der Waals surface area contributed by atoms with E-state index in [0.29, 0.717) is 9.86 Å². The number of alkyl halides is 2. The van der Waals surface area contributed by atoms with Crippen molar-refractivity contribution in [3.05, 3.63) is 46.4 Å². The first-order chi connectivity index (χ1) is 6.68. The van der Waals surface area contributed by atoms with Gasteiger partial charge in [-0.1, -0.05) is 40.2 Å². The average Bonchev–Trinajstić information content (AvgIpc) is 2.16. The van der Waals surface area contributed by atoms with Crippen LogP contribution in [0.1, 0.15) is 12.0 Å². The van der Waals surface area contributed by atoms with Crippen LogP contribution in [0.5, 0.6) is 0 Å². The molecule has 2 aromatic carbocycles. The van der Waals surface area contributed by atoms with E-state index in [-0.39, 0.29) is 5.56 Å². The van der Waals surface area contributed by atoms with Crippen molar-refractivity contribution in [3.8, 4) is 0 Å². The molecule has 0 unspecified atom stereocenters. The predicted octanol–water partition coefficient (Wildman–Crippen LogP) is 4.54. The third kappa shape index (κ3) is 1.64. The molecule has 2 rings (SSSR count). The largest absolute Gasteiger partial charge is 0.264 e. The zero-order valence-electron chi connectivity index (χ0n) is 7.18. The number of rotatable bonds is 1. The van der Waals surface area contributed by atoms with Crippen LogP contribution in [0, 0.1) is 0 Å². The lowest BCUT2D eigenvalue weighted by Crippen LogP contribution is -1.86. The Morgan fingerprint density at radius 1 is 1.07 bits per heavy atom. The van der Waals surface area contributed by atoms with E-state index in [9.17, 15) is 8.78 Å². The van der Waals surface area contributed by atoms with Gasteiger partial charge in [0.1, 0.15) is 0 Å². The fourth-order valence-corrected chi connectivity index (χ4v) is 1.98. The van der Waals surface area contributed by atoms with Crippen LogP contribution >= 0.6 is 15.9 Å². The van der Waals surface area contributed by atoms with E-state index < -0.39 is 6.43 Å². The fourth-order valence-electron chi connectivity index (χ4n) is 1.48. The summed E-state index contributed by atoms with van der Waals surface area (Å²) in [6.45, 7) is 0. The number of benzene rings is 2. The van der Waals surface area contributed by atoms with Crippen LogP contribution in [0.3, 0.4) is 0 Å². The first kappa shape index (κ1) is 9.59. The van der Waals surface area contributed by atoms with Crippen molar-refractivity contribution in [2.75, 3.05) is 0 Å². The Balaban J connectivity index is 2.80. The van der Waals surface area contributed by atoms with Crippen molar-refractivity contribution in [2.24, 2.45) is 0 Å². The molecule has 0 aromatic heterocycles. The van der Waals surface area contributed by atoms with E-state index >= 15 is 0 Å². The predicted molar refractivity (Wildman–Crippen MR) is 56.6 cm³/mol. The molecule has 0 nitrogen and oxygen atoms in total. The molecule has 0 amide bonds. The SMILES string of the molecule is FC(F)c1cc(Br)cc2ccccc12. The number of halogens is 3. The van der Waals surface area contributed by atoms with Gasteiger partial charge in [-0.3, -0.25) is 0 Å². The van der Waals surface area contributed by atoms with Gasteiger partial charge in [0.15, 0.2) is 0 Å². The maximum absolute atomic E-state index is 12.7. The highest BCUT2D eigenvalue weighted by molar-refractivity contribution is 9.10. The van der Waals surface area contributed by atoms with Crippen LogP contribution in [0.2, 0.25) is 0 Å². The molecule has 72 valence electrons. The molecule has 0 bridgehead atoms. The zero-order chi connectivity index (χ0) is 10.1. The molecule has 0 aliphatic rings. The van der Waals surface area contributed by atoms with Crippen molar-refractivity contribution in [3.63, 3.8) is 0 Å². The first-order valence-corrected chi connectivity index (χ1v) is 4.94. The lowest BCUT2D eigenvalue weighted by molar-refractivity contribution is 0.153. The van der Waals surface area contributed by atoms with E-state index in [1.807, 2.05) is 18.2 Å². The molecule has 0 heterocycles. The molecule has 0 fully saturated rings. The molecular weight excluding hydrogens is 250 g/mol. The highest BCUT2D eigenvalue weighted by Crippen LogP contribution is 2.30. The van der Waals surface area contributed by atoms with E-state index in [0.717, 1.165) is 5.39 Å². The molecule has 2 aromatic rings. The van der Waals surface area contributed by atoms with Crippen molar-refractivity contribution < 1.29 is 8.78 Å². The second-order valence-electron chi connectivity index (χ2n) is 3.02. The minimum atomic E-state index is -2.43. The van der Waals surface area contributed by atoms with Gasteiger partial charge in [-0.15, -0.1) is 0 Å². The highest BCUT2D eigenvalue weighted by atomic mass is 79.9. The normalized spacial score (nSPS) is 11.1. The van der Waals surface area contributed by atoms with E-state index in [1.54, 1.807) is 12.1 Å². The van der Waals surface area contributed by atoms with Crippen LogP contribution in [-0.4, -0.2) is 0 Å². The standard InChI is InChI=1S/C11H7BrF2/c12-8-5-7-3-1-2-4-9(7)10(6-8)11(13)14/h1-6,11H. The Hall–Kier alpha value is -0.960. The van der Waals surface area contributed by atoms with Crippen LogP contribution < -0.4 is 0 Å². The van der Waals surface area contributed by atoms with E-state index in [2.05, 4.69) is 15.9 Å². The summed E-state index contributed by atoms with van der Waals surface area (Å²) in [5.74, 6) is 0. The smallest absolute Gasteiger partial charge is 0.205 e. The average molecular weight is 257 g/mol. The summed E-state index contributed by atoms with van der Waals surface area (Å²) < 4.78 is 26.0. The Labute approximate surface area is 88.7 Å². The molecule has 14 heavy (non-hydrogen) atoms. The van der Waals surface area contributed by atoms with Gasteiger partial charge in [-0.25, -0.2) is 8.78 Å². The van der Waals surface area contributed by atoms with Crippen LogP contribution in [0.15, 0.2) is 40.9 Å². The van der Waals surface area contributed by atoms with Gasteiger partial charge in [0.25, 0.3) is 6.43 Å². The second kappa shape index (κ2) is 3.65. The van der Waals surface area contributed by atoms with E-state index in [4.69, 9.17) is 0 Å². The maximum atomic E-state index is 12.7. The molecule has 0 radical (unpaired) electrons. The summed E-state index contributed by atoms with van der Waals surface area (Å²) in [5, 5.41) is 1.45. The lowest BCUT2D eigenvalue weighted by atomic mass is 10.1. The number of fused-ring (bicyclic) bond motifs is 1. The molecule has 0 aliphatic carbocycles. The van der Waals surface area contributed by atoms with Crippen LogP contribution in [0.4, 0.5) is 8.78 Å². The monoisotopic (exact) mass is 256 g/mol. The van der Waals surface area contributed by atoms with Crippen molar-refractivity contribution >= 4 is 26.7 Å². The molecule has 0 spiro atoms. The summed E-state index contributed by atoms with van der Waals surface area (Å²) in [6, 6.07) is 10.4. The van der Waals surface area contributed by atoms with Crippen molar-refractivity contribution in [1.82, 2.24) is 0 Å². The maximum Gasteiger partial charge on any atom is 0.264 e. The minimum absolute atomic E-state index is 0.0787. The summed E-state index contributed by atoms with van der Waals surface area (Å²) in [5.41, 5.74) is 0.0787. The van der Waals surface area contributed by atoms with Gasteiger partial charge < -0.3 is 0 Å². The molecule has 0 atom stereocenters. The second-order valence-corrected chi connectivity index (χ2v) is 3.93.